The van der Waals surface area contributed by atoms with E-state index in [0.717, 1.165) is 16.7 Å². The van der Waals surface area contributed by atoms with Gasteiger partial charge in [-0.05, 0) is 41.0 Å². The summed E-state index contributed by atoms with van der Waals surface area (Å²) in [6.07, 6.45) is 0. The molecule has 0 atom stereocenters. The third-order valence-electron chi connectivity index (χ3n) is 6.06. The normalized spacial score (nSPS) is 14.5. The molecule has 4 aromatic carbocycles. The number of amides is 2. The zero-order valence-electron chi connectivity index (χ0n) is 19.0. The van der Waals surface area contributed by atoms with Gasteiger partial charge < -0.3 is 11.1 Å². The Morgan fingerprint density at radius 3 is 1.97 bits per heavy atom. The summed E-state index contributed by atoms with van der Waals surface area (Å²) in [6.45, 7) is 0.227. The molecule has 6 heteroatoms. The molecule has 1 aliphatic heterocycles. The van der Waals surface area contributed by atoms with Crippen molar-refractivity contribution >= 4 is 23.5 Å². The summed E-state index contributed by atoms with van der Waals surface area (Å²) in [6, 6.07) is 35.3. The van der Waals surface area contributed by atoms with Crippen molar-refractivity contribution in [1.82, 2.24) is 4.90 Å². The van der Waals surface area contributed by atoms with E-state index in [4.69, 9.17) is 10.7 Å². The van der Waals surface area contributed by atoms with Gasteiger partial charge in [0, 0.05) is 11.3 Å². The zero-order chi connectivity index (χ0) is 24.3. The van der Waals surface area contributed by atoms with Crippen LogP contribution in [0.5, 0.6) is 0 Å². The second kappa shape index (κ2) is 9.27. The first-order chi connectivity index (χ1) is 17.1. The molecule has 35 heavy (non-hydrogen) atoms. The lowest BCUT2D eigenvalue weighted by Crippen LogP contribution is -2.43. The van der Waals surface area contributed by atoms with E-state index in [0.29, 0.717) is 11.3 Å². The first kappa shape index (κ1) is 22.1. The number of aliphatic imine (C=N–C) groups is 1. The summed E-state index contributed by atoms with van der Waals surface area (Å²) in [5.41, 5.74) is 8.64. The molecule has 0 spiro atoms. The molecular weight excluding hydrogens is 436 g/mol. The zero-order valence-corrected chi connectivity index (χ0v) is 19.0. The Bertz CT molecular complexity index is 1350. The minimum atomic E-state index is -1.24. The average Bonchev–Trinajstić information content (AvgIpc) is 3.16. The van der Waals surface area contributed by atoms with Gasteiger partial charge >= 0.3 is 0 Å². The molecule has 0 aromatic heterocycles. The highest BCUT2D eigenvalue weighted by Crippen LogP contribution is 2.40. The SMILES string of the molecule is NC1=NC(c2ccccc2)(c2ccccc2)C(=O)N1Cc1cccc(NC(=O)c2ccccc2)c1. The Labute approximate surface area is 203 Å². The van der Waals surface area contributed by atoms with E-state index in [1.165, 1.54) is 4.90 Å². The average molecular weight is 461 g/mol. The van der Waals surface area contributed by atoms with Crippen LogP contribution in [0.2, 0.25) is 0 Å². The molecule has 5 rings (SSSR count). The number of anilines is 1. The van der Waals surface area contributed by atoms with Gasteiger partial charge in [-0.25, -0.2) is 4.99 Å². The Hall–Kier alpha value is -4.71. The summed E-state index contributed by atoms with van der Waals surface area (Å²) in [5, 5.41) is 2.91. The maximum atomic E-state index is 14.0. The third-order valence-corrected chi connectivity index (χ3v) is 6.06. The highest BCUT2D eigenvalue weighted by atomic mass is 16.2. The van der Waals surface area contributed by atoms with E-state index in [1.807, 2.05) is 103 Å². The number of rotatable bonds is 6. The van der Waals surface area contributed by atoms with Gasteiger partial charge in [0.15, 0.2) is 11.5 Å². The van der Waals surface area contributed by atoms with Gasteiger partial charge in [-0.3, -0.25) is 14.5 Å². The van der Waals surface area contributed by atoms with Crippen LogP contribution < -0.4 is 11.1 Å². The van der Waals surface area contributed by atoms with Crippen LogP contribution in [0.1, 0.15) is 27.0 Å². The van der Waals surface area contributed by atoms with E-state index in [-0.39, 0.29) is 24.3 Å². The van der Waals surface area contributed by atoms with E-state index in [9.17, 15) is 9.59 Å². The maximum Gasteiger partial charge on any atom is 0.266 e. The summed E-state index contributed by atoms with van der Waals surface area (Å²) < 4.78 is 0. The van der Waals surface area contributed by atoms with Crippen LogP contribution in [-0.4, -0.2) is 22.7 Å². The molecule has 0 fully saturated rings. The Morgan fingerprint density at radius 1 is 0.800 bits per heavy atom. The fourth-order valence-corrected chi connectivity index (χ4v) is 4.36. The van der Waals surface area contributed by atoms with Crippen molar-refractivity contribution in [3.63, 3.8) is 0 Å². The van der Waals surface area contributed by atoms with E-state index < -0.39 is 5.54 Å². The summed E-state index contributed by atoms with van der Waals surface area (Å²) >= 11 is 0. The number of nitrogens with two attached hydrogens (primary N) is 1. The number of carbonyl (C=O) groups excluding carboxylic acids is 2. The first-order valence-corrected chi connectivity index (χ1v) is 11.3. The van der Waals surface area contributed by atoms with E-state index in [2.05, 4.69) is 5.32 Å². The maximum absolute atomic E-state index is 14.0. The predicted octanol–water partition coefficient (Wildman–Crippen LogP) is 4.54. The van der Waals surface area contributed by atoms with Gasteiger partial charge in [0.25, 0.3) is 11.8 Å². The van der Waals surface area contributed by atoms with Crippen LogP contribution in [0.4, 0.5) is 5.69 Å². The van der Waals surface area contributed by atoms with Gasteiger partial charge in [0.1, 0.15) is 0 Å². The minimum absolute atomic E-state index is 0.154. The van der Waals surface area contributed by atoms with Crippen molar-refractivity contribution in [2.75, 3.05) is 5.32 Å². The van der Waals surface area contributed by atoms with Gasteiger partial charge in [-0.1, -0.05) is 91.0 Å². The largest absolute Gasteiger partial charge is 0.369 e. The lowest BCUT2D eigenvalue weighted by molar-refractivity contribution is -0.130. The first-order valence-electron chi connectivity index (χ1n) is 11.3. The van der Waals surface area contributed by atoms with Crippen molar-refractivity contribution in [2.24, 2.45) is 10.7 Å². The molecule has 0 aliphatic carbocycles. The number of carbonyl (C=O) groups is 2. The van der Waals surface area contributed by atoms with Crippen molar-refractivity contribution in [3.8, 4) is 0 Å². The van der Waals surface area contributed by atoms with Crippen molar-refractivity contribution in [1.29, 1.82) is 0 Å². The highest BCUT2D eigenvalue weighted by Gasteiger charge is 2.50. The molecule has 0 radical (unpaired) electrons. The predicted molar refractivity (Wildman–Crippen MR) is 137 cm³/mol. The number of hydrogen-bond donors (Lipinski definition) is 2. The minimum Gasteiger partial charge on any atom is -0.369 e. The monoisotopic (exact) mass is 460 g/mol. The molecule has 0 unspecified atom stereocenters. The standard InChI is InChI=1S/C29H24N4O2/c30-28-32-29(23-14-6-2-7-15-23,24-16-8-3-9-17-24)27(35)33(28)20-21-11-10-18-25(19-21)31-26(34)22-12-4-1-5-13-22/h1-19H,20H2,(H2,30,32)(H,31,34). The summed E-state index contributed by atoms with van der Waals surface area (Å²) in [7, 11) is 0. The van der Waals surface area contributed by atoms with Gasteiger partial charge in [0.05, 0.1) is 6.54 Å². The van der Waals surface area contributed by atoms with Crippen molar-refractivity contribution < 1.29 is 9.59 Å². The van der Waals surface area contributed by atoms with Gasteiger partial charge in [0.2, 0.25) is 0 Å². The second-order valence-electron chi connectivity index (χ2n) is 8.32. The van der Waals surface area contributed by atoms with Crippen molar-refractivity contribution in [3.05, 3.63) is 138 Å². The van der Waals surface area contributed by atoms with Crippen LogP contribution in [-0.2, 0) is 16.9 Å². The van der Waals surface area contributed by atoms with Crippen LogP contribution in [0, 0.1) is 0 Å². The summed E-state index contributed by atoms with van der Waals surface area (Å²) in [5.74, 6) is -0.263. The number of nitrogens with one attached hydrogen (secondary N) is 1. The molecule has 6 nitrogen and oxygen atoms in total. The van der Waals surface area contributed by atoms with Crippen LogP contribution in [0.25, 0.3) is 0 Å². The molecule has 1 heterocycles. The van der Waals surface area contributed by atoms with E-state index in [1.54, 1.807) is 12.1 Å². The number of guanidine groups is 1. The molecule has 0 bridgehead atoms. The molecule has 3 N–H and O–H groups in total. The molecule has 0 saturated carbocycles. The molecule has 1 aliphatic rings. The van der Waals surface area contributed by atoms with Crippen LogP contribution in [0.3, 0.4) is 0 Å². The molecule has 4 aromatic rings. The fourth-order valence-electron chi connectivity index (χ4n) is 4.36. The Balaban J connectivity index is 1.43. The third kappa shape index (κ3) is 4.17. The quantitative estimate of drug-likeness (QED) is 0.443. The highest BCUT2D eigenvalue weighted by molar-refractivity contribution is 6.09. The van der Waals surface area contributed by atoms with Crippen LogP contribution >= 0.6 is 0 Å². The molecule has 0 saturated heterocycles. The topological polar surface area (TPSA) is 87.8 Å². The Kier molecular flexibility index (Phi) is 5.85. The molecular formula is C29H24N4O2. The lowest BCUT2D eigenvalue weighted by Gasteiger charge is -2.27. The fraction of sp³-hybridized carbons (Fsp3) is 0.0690. The smallest absolute Gasteiger partial charge is 0.266 e. The molecule has 2 amide bonds. The second-order valence-corrected chi connectivity index (χ2v) is 8.32. The number of benzene rings is 4. The summed E-state index contributed by atoms with van der Waals surface area (Å²) in [4.78, 5) is 32.7. The van der Waals surface area contributed by atoms with Crippen LogP contribution in [0.15, 0.2) is 120 Å². The van der Waals surface area contributed by atoms with Gasteiger partial charge in [-0.15, -0.1) is 0 Å². The lowest BCUT2D eigenvalue weighted by atomic mass is 9.83. The van der Waals surface area contributed by atoms with Crippen molar-refractivity contribution in [2.45, 2.75) is 12.1 Å². The van der Waals surface area contributed by atoms with E-state index >= 15 is 0 Å². The number of nitrogens with zero attached hydrogens (tertiary/aromatic N) is 2. The van der Waals surface area contributed by atoms with Gasteiger partial charge in [-0.2, -0.15) is 0 Å². The Morgan fingerprint density at radius 2 is 1.37 bits per heavy atom. The molecule has 172 valence electrons. The number of hydrogen-bond acceptors (Lipinski definition) is 4.